The Hall–Kier alpha value is -3.15. The number of carbonyl (C=O) groups excluding carboxylic acids is 2. The van der Waals surface area contributed by atoms with Crippen LogP contribution in [-0.4, -0.2) is 29.9 Å². The minimum absolute atomic E-state index is 0.197. The van der Waals surface area contributed by atoms with E-state index in [-0.39, 0.29) is 24.1 Å². The molecule has 3 aromatic rings. The zero-order chi connectivity index (χ0) is 19.1. The third-order valence-corrected chi connectivity index (χ3v) is 4.36. The first-order valence-electron chi connectivity index (χ1n) is 8.94. The number of rotatable bonds is 8. The van der Waals surface area contributed by atoms with Gasteiger partial charge in [-0.15, -0.1) is 0 Å². The van der Waals surface area contributed by atoms with E-state index in [1.807, 2.05) is 30.5 Å². The standard InChI is InChI=1S/C21H22FN3O2/c22-17-7-5-15(6-8-17)9-11-23-20(26)13-21(27)24-12-10-16-14-25-19-4-2-1-3-18(16)19/h1-8,14,25H,9-13H2,(H,23,26)(H,24,27). The molecule has 5 nitrogen and oxygen atoms in total. The van der Waals surface area contributed by atoms with Crippen molar-refractivity contribution in [3.05, 3.63) is 71.7 Å². The number of amides is 2. The quantitative estimate of drug-likeness (QED) is 0.536. The molecular weight excluding hydrogens is 345 g/mol. The van der Waals surface area contributed by atoms with Gasteiger partial charge in [0.2, 0.25) is 11.8 Å². The van der Waals surface area contributed by atoms with Gasteiger partial charge < -0.3 is 15.6 Å². The maximum atomic E-state index is 12.8. The van der Waals surface area contributed by atoms with Gasteiger partial charge in [-0.2, -0.15) is 0 Å². The molecule has 2 aromatic carbocycles. The number of H-pyrrole nitrogens is 1. The van der Waals surface area contributed by atoms with Crippen molar-refractivity contribution in [2.45, 2.75) is 19.3 Å². The summed E-state index contributed by atoms with van der Waals surface area (Å²) in [6.45, 7) is 0.886. The number of halogens is 1. The number of hydrogen-bond acceptors (Lipinski definition) is 2. The molecule has 27 heavy (non-hydrogen) atoms. The molecule has 0 spiro atoms. The monoisotopic (exact) mass is 367 g/mol. The highest BCUT2D eigenvalue weighted by Crippen LogP contribution is 2.17. The number of aromatic nitrogens is 1. The fourth-order valence-electron chi connectivity index (χ4n) is 2.94. The van der Waals surface area contributed by atoms with E-state index < -0.39 is 0 Å². The Bertz CT molecular complexity index is 919. The van der Waals surface area contributed by atoms with Crippen molar-refractivity contribution in [1.82, 2.24) is 15.6 Å². The van der Waals surface area contributed by atoms with Gasteiger partial charge >= 0.3 is 0 Å². The lowest BCUT2D eigenvalue weighted by Crippen LogP contribution is -2.33. The van der Waals surface area contributed by atoms with Crippen molar-refractivity contribution in [1.29, 1.82) is 0 Å². The van der Waals surface area contributed by atoms with Crippen LogP contribution in [0.15, 0.2) is 54.7 Å². The average Bonchev–Trinajstić information content (AvgIpc) is 3.07. The van der Waals surface area contributed by atoms with Gasteiger partial charge in [0, 0.05) is 30.2 Å². The molecule has 3 N–H and O–H groups in total. The van der Waals surface area contributed by atoms with E-state index >= 15 is 0 Å². The number of hydrogen-bond donors (Lipinski definition) is 3. The molecule has 0 aliphatic rings. The first-order chi connectivity index (χ1) is 13.1. The fraction of sp³-hybridized carbons (Fsp3) is 0.238. The molecular formula is C21H22FN3O2. The summed E-state index contributed by atoms with van der Waals surface area (Å²) in [6, 6.07) is 14.1. The molecule has 6 heteroatoms. The number of nitrogens with one attached hydrogen (secondary N) is 3. The van der Waals surface area contributed by atoms with Crippen LogP contribution >= 0.6 is 0 Å². The number of benzene rings is 2. The summed E-state index contributed by atoms with van der Waals surface area (Å²) >= 11 is 0. The molecule has 0 saturated heterocycles. The van der Waals surface area contributed by atoms with Crippen molar-refractivity contribution >= 4 is 22.7 Å². The van der Waals surface area contributed by atoms with Gasteiger partial charge in [0.05, 0.1) is 0 Å². The summed E-state index contributed by atoms with van der Waals surface area (Å²) in [5, 5.41) is 6.63. The molecule has 0 atom stereocenters. The third-order valence-electron chi connectivity index (χ3n) is 4.36. The van der Waals surface area contributed by atoms with Crippen LogP contribution in [0.4, 0.5) is 4.39 Å². The fourth-order valence-corrected chi connectivity index (χ4v) is 2.94. The van der Waals surface area contributed by atoms with Crippen LogP contribution in [0.1, 0.15) is 17.5 Å². The molecule has 0 aliphatic carbocycles. The summed E-state index contributed by atoms with van der Waals surface area (Å²) in [5.41, 5.74) is 3.13. The SMILES string of the molecule is O=C(CC(=O)NCCc1c[nH]c2ccccc12)NCCc1ccc(F)cc1. The molecule has 3 rings (SSSR count). The van der Waals surface area contributed by atoms with Gasteiger partial charge in [-0.05, 0) is 42.2 Å². The van der Waals surface area contributed by atoms with Gasteiger partial charge in [-0.25, -0.2) is 4.39 Å². The Morgan fingerprint density at radius 3 is 2.30 bits per heavy atom. The van der Waals surface area contributed by atoms with Crippen LogP contribution in [0.3, 0.4) is 0 Å². The minimum Gasteiger partial charge on any atom is -0.361 e. The molecule has 0 unspecified atom stereocenters. The molecule has 0 radical (unpaired) electrons. The van der Waals surface area contributed by atoms with Crippen LogP contribution in [-0.2, 0) is 22.4 Å². The second kappa shape index (κ2) is 8.98. The molecule has 2 amide bonds. The van der Waals surface area contributed by atoms with Crippen molar-refractivity contribution < 1.29 is 14.0 Å². The third kappa shape index (κ3) is 5.41. The Kier molecular flexibility index (Phi) is 6.20. The second-order valence-electron chi connectivity index (χ2n) is 6.36. The number of carbonyl (C=O) groups is 2. The molecule has 0 saturated carbocycles. The largest absolute Gasteiger partial charge is 0.361 e. The average molecular weight is 367 g/mol. The lowest BCUT2D eigenvalue weighted by Gasteiger charge is -2.07. The van der Waals surface area contributed by atoms with Gasteiger partial charge in [-0.1, -0.05) is 30.3 Å². The van der Waals surface area contributed by atoms with Gasteiger partial charge in [0.25, 0.3) is 0 Å². The second-order valence-corrected chi connectivity index (χ2v) is 6.36. The Labute approximate surface area is 157 Å². The predicted molar refractivity (Wildman–Crippen MR) is 103 cm³/mol. The van der Waals surface area contributed by atoms with Crippen molar-refractivity contribution in [3.63, 3.8) is 0 Å². The van der Waals surface area contributed by atoms with Crippen LogP contribution in [0, 0.1) is 5.82 Å². The maximum Gasteiger partial charge on any atom is 0.229 e. The minimum atomic E-state index is -0.318. The van der Waals surface area contributed by atoms with Gasteiger partial charge in [-0.3, -0.25) is 9.59 Å². The van der Waals surface area contributed by atoms with E-state index in [0.29, 0.717) is 25.9 Å². The smallest absolute Gasteiger partial charge is 0.229 e. The number of para-hydroxylation sites is 1. The Morgan fingerprint density at radius 2 is 1.56 bits per heavy atom. The summed E-state index contributed by atoms with van der Waals surface area (Å²) in [6.07, 6.45) is 3.03. The highest BCUT2D eigenvalue weighted by atomic mass is 19.1. The van der Waals surface area contributed by atoms with Gasteiger partial charge in [0.1, 0.15) is 12.2 Å². The van der Waals surface area contributed by atoms with Crippen molar-refractivity contribution in [3.8, 4) is 0 Å². The van der Waals surface area contributed by atoms with Crippen molar-refractivity contribution in [2.24, 2.45) is 0 Å². The van der Waals surface area contributed by atoms with E-state index in [4.69, 9.17) is 0 Å². The molecule has 0 fully saturated rings. The van der Waals surface area contributed by atoms with E-state index in [1.165, 1.54) is 12.1 Å². The highest BCUT2D eigenvalue weighted by Gasteiger charge is 2.09. The van der Waals surface area contributed by atoms with Crippen LogP contribution in [0.2, 0.25) is 0 Å². The Morgan fingerprint density at radius 1 is 0.889 bits per heavy atom. The number of aromatic amines is 1. The lowest BCUT2D eigenvalue weighted by molar-refractivity contribution is -0.129. The van der Waals surface area contributed by atoms with E-state index in [1.54, 1.807) is 12.1 Å². The molecule has 0 aliphatic heterocycles. The molecule has 1 heterocycles. The summed E-state index contributed by atoms with van der Waals surface area (Å²) in [5.74, 6) is -0.900. The Balaban J connectivity index is 1.35. The lowest BCUT2D eigenvalue weighted by atomic mass is 10.1. The van der Waals surface area contributed by atoms with Crippen LogP contribution in [0.25, 0.3) is 10.9 Å². The first kappa shape index (κ1) is 18.6. The zero-order valence-corrected chi connectivity index (χ0v) is 14.9. The van der Waals surface area contributed by atoms with Crippen LogP contribution in [0.5, 0.6) is 0 Å². The topological polar surface area (TPSA) is 74.0 Å². The van der Waals surface area contributed by atoms with Gasteiger partial charge in [0.15, 0.2) is 0 Å². The molecule has 140 valence electrons. The zero-order valence-electron chi connectivity index (χ0n) is 14.9. The van der Waals surface area contributed by atoms with E-state index in [2.05, 4.69) is 15.6 Å². The molecule has 0 bridgehead atoms. The summed E-state index contributed by atoms with van der Waals surface area (Å²) in [7, 11) is 0. The first-order valence-corrected chi connectivity index (χ1v) is 8.94. The van der Waals surface area contributed by atoms with Crippen LogP contribution < -0.4 is 10.6 Å². The summed E-state index contributed by atoms with van der Waals surface area (Å²) < 4.78 is 12.8. The summed E-state index contributed by atoms with van der Waals surface area (Å²) in [4.78, 5) is 26.9. The molecule has 1 aromatic heterocycles. The normalized spacial score (nSPS) is 10.7. The number of fused-ring (bicyclic) bond motifs is 1. The van der Waals surface area contributed by atoms with E-state index in [9.17, 15) is 14.0 Å². The highest BCUT2D eigenvalue weighted by molar-refractivity contribution is 5.96. The van der Waals surface area contributed by atoms with Crippen molar-refractivity contribution in [2.75, 3.05) is 13.1 Å². The predicted octanol–water partition coefficient (Wildman–Crippen LogP) is 2.71. The maximum absolute atomic E-state index is 12.8. The van der Waals surface area contributed by atoms with E-state index in [0.717, 1.165) is 22.0 Å².